The Morgan fingerprint density at radius 1 is 1.04 bits per heavy atom. The molecule has 0 amide bonds. The molecule has 148 valence electrons. The number of aromatic nitrogens is 3. The van der Waals surface area contributed by atoms with Crippen molar-refractivity contribution < 1.29 is 9.13 Å². The summed E-state index contributed by atoms with van der Waals surface area (Å²) in [7, 11) is 1.94. The van der Waals surface area contributed by atoms with Gasteiger partial charge in [0.05, 0.1) is 0 Å². The molecule has 0 saturated heterocycles. The molecule has 1 aromatic heterocycles. The Morgan fingerprint density at radius 2 is 1.68 bits per heavy atom. The van der Waals surface area contributed by atoms with Crippen molar-refractivity contribution in [2.24, 2.45) is 7.05 Å². The van der Waals surface area contributed by atoms with Crippen LogP contribution < -0.4 is 4.74 Å². The van der Waals surface area contributed by atoms with Crippen LogP contribution in [-0.2, 0) is 18.2 Å². The Bertz CT molecular complexity index is 914. The topological polar surface area (TPSA) is 39.9 Å². The maximum atomic E-state index is 13.0. The van der Waals surface area contributed by atoms with Crippen LogP contribution in [0.5, 0.6) is 5.75 Å². The normalized spacial score (nSPS) is 12.8. The Labute approximate surface area is 170 Å². The third-order valence-electron chi connectivity index (χ3n) is 4.55. The lowest BCUT2D eigenvalue weighted by Gasteiger charge is -2.20. The van der Waals surface area contributed by atoms with Gasteiger partial charge in [-0.15, -0.1) is 10.2 Å². The first-order valence-electron chi connectivity index (χ1n) is 9.28. The molecular weight excluding hydrogens is 373 g/mol. The molecule has 4 nitrogen and oxygen atoms in total. The summed E-state index contributed by atoms with van der Waals surface area (Å²) in [5, 5.41) is 9.39. The highest BCUT2D eigenvalue weighted by atomic mass is 32.2. The minimum Gasteiger partial charge on any atom is -0.483 e. The lowest BCUT2D eigenvalue weighted by atomic mass is 9.87. The predicted molar refractivity (Wildman–Crippen MR) is 111 cm³/mol. The Morgan fingerprint density at radius 3 is 2.29 bits per heavy atom. The maximum absolute atomic E-state index is 13.0. The monoisotopic (exact) mass is 399 g/mol. The van der Waals surface area contributed by atoms with Crippen molar-refractivity contribution >= 4 is 11.8 Å². The van der Waals surface area contributed by atoms with E-state index < -0.39 is 0 Å². The van der Waals surface area contributed by atoms with E-state index in [0.29, 0.717) is 5.75 Å². The minimum atomic E-state index is -0.226. The molecule has 0 aliphatic rings. The van der Waals surface area contributed by atoms with E-state index in [0.717, 1.165) is 22.3 Å². The first-order chi connectivity index (χ1) is 13.2. The fourth-order valence-electron chi connectivity index (χ4n) is 2.82. The zero-order valence-electron chi connectivity index (χ0n) is 16.9. The van der Waals surface area contributed by atoms with E-state index in [-0.39, 0.29) is 17.3 Å². The third kappa shape index (κ3) is 4.93. The molecule has 2 aromatic carbocycles. The summed E-state index contributed by atoms with van der Waals surface area (Å²) in [5.74, 6) is 2.05. The highest BCUT2D eigenvalue weighted by Crippen LogP contribution is 2.28. The fourth-order valence-corrected chi connectivity index (χ4v) is 3.70. The molecule has 3 rings (SSSR count). The molecule has 0 N–H and O–H groups in total. The molecule has 0 spiro atoms. The summed E-state index contributed by atoms with van der Waals surface area (Å²) in [6.45, 7) is 8.54. The zero-order chi connectivity index (χ0) is 20.3. The number of nitrogens with zero attached hydrogens (tertiary/aromatic N) is 3. The SMILES string of the molecule is CC(Oc1ccc(C(C)(C)C)cc1)c1nnc(SCc2ccc(F)cc2)n1C. The van der Waals surface area contributed by atoms with Gasteiger partial charge in [-0.25, -0.2) is 4.39 Å². The van der Waals surface area contributed by atoms with Crippen LogP contribution in [0.15, 0.2) is 53.7 Å². The molecule has 28 heavy (non-hydrogen) atoms. The molecule has 0 saturated carbocycles. The molecular formula is C22H26FN3OS. The molecule has 0 radical (unpaired) electrons. The molecule has 0 fully saturated rings. The van der Waals surface area contributed by atoms with Gasteiger partial charge in [0.2, 0.25) is 0 Å². The number of ether oxygens (including phenoxy) is 1. The number of halogens is 1. The number of hydrogen-bond donors (Lipinski definition) is 0. The first kappa shape index (κ1) is 20.4. The van der Waals surface area contributed by atoms with E-state index in [9.17, 15) is 4.39 Å². The van der Waals surface area contributed by atoms with Gasteiger partial charge in [0.15, 0.2) is 17.1 Å². The van der Waals surface area contributed by atoms with Crippen molar-refractivity contribution in [1.29, 1.82) is 0 Å². The second-order valence-corrected chi connectivity index (χ2v) is 8.79. The molecule has 1 atom stereocenters. The lowest BCUT2D eigenvalue weighted by molar-refractivity contribution is 0.211. The van der Waals surface area contributed by atoms with E-state index in [4.69, 9.17) is 4.74 Å². The fraction of sp³-hybridized carbons (Fsp3) is 0.364. The highest BCUT2D eigenvalue weighted by molar-refractivity contribution is 7.98. The lowest BCUT2D eigenvalue weighted by Crippen LogP contribution is -2.12. The molecule has 1 unspecified atom stereocenters. The average Bonchev–Trinajstić information content (AvgIpc) is 3.02. The summed E-state index contributed by atoms with van der Waals surface area (Å²) in [4.78, 5) is 0. The summed E-state index contributed by atoms with van der Waals surface area (Å²) < 4.78 is 21.0. The van der Waals surface area contributed by atoms with Crippen LogP contribution >= 0.6 is 11.8 Å². The number of thioether (sulfide) groups is 1. The molecule has 3 aromatic rings. The molecule has 6 heteroatoms. The van der Waals surface area contributed by atoms with Gasteiger partial charge in [-0.3, -0.25) is 0 Å². The number of rotatable bonds is 6. The van der Waals surface area contributed by atoms with Crippen molar-refractivity contribution in [2.75, 3.05) is 0 Å². The van der Waals surface area contributed by atoms with Crippen molar-refractivity contribution in [3.63, 3.8) is 0 Å². The summed E-state index contributed by atoms with van der Waals surface area (Å²) >= 11 is 1.57. The molecule has 0 aliphatic heterocycles. The van der Waals surface area contributed by atoms with E-state index in [1.807, 2.05) is 30.7 Å². The average molecular weight is 400 g/mol. The summed E-state index contributed by atoms with van der Waals surface area (Å²) in [6, 6.07) is 14.7. The van der Waals surface area contributed by atoms with Crippen molar-refractivity contribution in [3.8, 4) is 5.75 Å². The van der Waals surface area contributed by atoms with Crippen LogP contribution in [0.4, 0.5) is 4.39 Å². The van der Waals surface area contributed by atoms with E-state index in [1.165, 1.54) is 17.7 Å². The van der Waals surface area contributed by atoms with Gasteiger partial charge >= 0.3 is 0 Å². The Balaban J connectivity index is 1.64. The minimum absolute atomic E-state index is 0.115. The maximum Gasteiger partial charge on any atom is 0.191 e. The largest absolute Gasteiger partial charge is 0.483 e. The standard InChI is InChI=1S/C22H26FN3OS/c1-15(27-19-12-8-17(9-13-19)22(2,3)4)20-24-25-21(26(20)5)28-14-16-6-10-18(23)11-7-16/h6-13,15H,14H2,1-5H3. The molecule has 0 aliphatic carbocycles. The molecule has 0 bridgehead atoms. The summed E-state index contributed by atoms with van der Waals surface area (Å²) in [6.07, 6.45) is -0.224. The molecule has 1 heterocycles. The van der Waals surface area contributed by atoms with Gasteiger partial charge in [0.1, 0.15) is 11.6 Å². The van der Waals surface area contributed by atoms with Crippen molar-refractivity contribution in [1.82, 2.24) is 14.8 Å². The van der Waals surface area contributed by atoms with Gasteiger partial charge in [-0.05, 0) is 47.7 Å². The second kappa shape index (κ2) is 8.35. The van der Waals surface area contributed by atoms with Gasteiger partial charge < -0.3 is 9.30 Å². The quantitative estimate of drug-likeness (QED) is 0.500. The van der Waals surface area contributed by atoms with Crippen LogP contribution in [0.3, 0.4) is 0 Å². The second-order valence-electron chi connectivity index (χ2n) is 7.85. The van der Waals surface area contributed by atoms with E-state index in [2.05, 4.69) is 43.1 Å². The predicted octanol–water partition coefficient (Wildman–Crippen LogP) is 5.68. The third-order valence-corrected chi connectivity index (χ3v) is 5.64. The Kier molecular flexibility index (Phi) is 6.08. The van der Waals surface area contributed by atoms with Gasteiger partial charge in [-0.1, -0.05) is 56.8 Å². The van der Waals surface area contributed by atoms with Crippen LogP contribution in [-0.4, -0.2) is 14.8 Å². The van der Waals surface area contributed by atoms with Crippen molar-refractivity contribution in [3.05, 3.63) is 71.3 Å². The van der Waals surface area contributed by atoms with Crippen LogP contribution in [0, 0.1) is 5.82 Å². The van der Waals surface area contributed by atoms with Crippen LogP contribution in [0.1, 0.15) is 50.8 Å². The van der Waals surface area contributed by atoms with Crippen LogP contribution in [0.2, 0.25) is 0 Å². The zero-order valence-corrected chi connectivity index (χ0v) is 17.8. The first-order valence-corrected chi connectivity index (χ1v) is 10.3. The van der Waals surface area contributed by atoms with E-state index in [1.54, 1.807) is 23.9 Å². The smallest absolute Gasteiger partial charge is 0.191 e. The van der Waals surface area contributed by atoms with E-state index >= 15 is 0 Å². The van der Waals surface area contributed by atoms with Gasteiger partial charge in [0, 0.05) is 12.8 Å². The number of hydrogen-bond acceptors (Lipinski definition) is 4. The van der Waals surface area contributed by atoms with Gasteiger partial charge in [-0.2, -0.15) is 0 Å². The summed E-state index contributed by atoms with van der Waals surface area (Å²) in [5.41, 5.74) is 2.43. The van der Waals surface area contributed by atoms with Gasteiger partial charge in [0.25, 0.3) is 0 Å². The number of benzene rings is 2. The van der Waals surface area contributed by atoms with Crippen molar-refractivity contribution in [2.45, 2.75) is 50.1 Å². The highest BCUT2D eigenvalue weighted by Gasteiger charge is 2.18. The Hall–Kier alpha value is -2.34. The van der Waals surface area contributed by atoms with Crippen LogP contribution in [0.25, 0.3) is 0 Å².